The minimum Gasteiger partial charge on any atom is -0.361 e. The third-order valence-corrected chi connectivity index (χ3v) is 5.32. The highest BCUT2D eigenvalue weighted by atomic mass is 32.1. The van der Waals surface area contributed by atoms with Gasteiger partial charge in [0.2, 0.25) is 0 Å². The van der Waals surface area contributed by atoms with E-state index in [-0.39, 0.29) is 0 Å². The second-order valence-corrected chi connectivity index (χ2v) is 7.27. The van der Waals surface area contributed by atoms with Crippen LogP contribution in [-0.4, -0.2) is 43.6 Å². The predicted octanol–water partition coefficient (Wildman–Crippen LogP) is 2.91. The Hall–Kier alpha value is -2.54. The molecular formula is C19H26N6S. The monoisotopic (exact) mass is 370 g/mol. The summed E-state index contributed by atoms with van der Waals surface area (Å²) in [6.07, 6.45) is 3.04. The van der Waals surface area contributed by atoms with Gasteiger partial charge in [0.15, 0.2) is 11.1 Å². The van der Waals surface area contributed by atoms with Crippen molar-refractivity contribution in [2.45, 2.75) is 19.9 Å². The first-order valence-electron chi connectivity index (χ1n) is 8.70. The van der Waals surface area contributed by atoms with Gasteiger partial charge in [-0.05, 0) is 30.5 Å². The van der Waals surface area contributed by atoms with Crippen LogP contribution < -0.4 is 15.5 Å². The van der Waals surface area contributed by atoms with E-state index in [9.17, 15) is 0 Å². The summed E-state index contributed by atoms with van der Waals surface area (Å²) in [6.45, 7) is 3.64. The minimum absolute atomic E-state index is 0.663. The molecule has 0 fully saturated rings. The van der Waals surface area contributed by atoms with Gasteiger partial charge in [-0.15, -0.1) is 11.3 Å². The molecule has 0 aliphatic heterocycles. The average molecular weight is 371 g/mol. The lowest BCUT2D eigenvalue weighted by molar-refractivity contribution is 0.787. The van der Waals surface area contributed by atoms with Crippen LogP contribution in [0.3, 0.4) is 0 Å². The minimum atomic E-state index is 0.663. The van der Waals surface area contributed by atoms with Crippen molar-refractivity contribution >= 4 is 33.3 Å². The third kappa shape index (κ3) is 4.16. The molecule has 6 nitrogen and oxygen atoms in total. The fourth-order valence-corrected chi connectivity index (χ4v) is 3.70. The number of aromatic amines is 1. The Bertz CT molecular complexity index is 892. The molecule has 26 heavy (non-hydrogen) atoms. The van der Waals surface area contributed by atoms with E-state index in [2.05, 4.69) is 62.3 Å². The summed E-state index contributed by atoms with van der Waals surface area (Å²) in [6, 6.07) is 6.36. The molecule has 0 radical (unpaired) electrons. The van der Waals surface area contributed by atoms with Crippen molar-refractivity contribution in [3.63, 3.8) is 0 Å². The lowest BCUT2D eigenvalue weighted by Gasteiger charge is -2.11. The van der Waals surface area contributed by atoms with Crippen LogP contribution in [0, 0.1) is 6.92 Å². The summed E-state index contributed by atoms with van der Waals surface area (Å²) in [5, 5.41) is 11.1. The summed E-state index contributed by atoms with van der Waals surface area (Å²) in [4.78, 5) is 14.2. The van der Waals surface area contributed by atoms with Gasteiger partial charge in [0.25, 0.3) is 0 Å². The number of nitrogens with zero attached hydrogens (tertiary/aromatic N) is 3. The molecule has 0 atom stereocenters. The first kappa shape index (κ1) is 18.3. The van der Waals surface area contributed by atoms with Crippen LogP contribution in [0.5, 0.6) is 0 Å². The molecule has 0 unspecified atom stereocenters. The Morgan fingerprint density at radius 2 is 2.15 bits per heavy atom. The molecule has 0 saturated carbocycles. The molecule has 0 amide bonds. The molecule has 0 bridgehead atoms. The van der Waals surface area contributed by atoms with E-state index in [1.54, 1.807) is 18.4 Å². The molecule has 0 aliphatic rings. The van der Waals surface area contributed by atoms with Crippen molar-refractivity contribution in [3.8, 4) is 0 Å². The van der Waals surface area contributed by atoms with Crippen molar-refractivity contribution in [2.75, 3.05) is 32.6 Å². The van der Waals surface area contributed by atoms with Crippen LogP contribution in [0.2, 0.25) is 0 Å². The number of aryl methyl sites for hydroxylation is 1. The Labute approximate surface area is 158 Å². The topological polar surface area (TPSA) is 68.3 Å². The number of guanidine groups is 1. The first-order valence-corrected chi connectivity index (χ1v) is 9.58. The fourth-order valence-electron chi connectivity index (χ4n) is 2.94. The molecule has 1 aromatic carbocycles. The fraction of sp³-hybridized carbons (Fsp3) is 0.368. The van der Waals surface area contributed by atoms with Crippen LogP contribution >= 0.6 is 11.3 Å². The summed E-state index contributed by atoms with van der Waals surface area (Å²) in [5.74, 6) is 0.793. The van der Waals surface area contributed by atoms with Gasteiger partial charge < -0.3 is 20.5 Å². The van der Waals surface area contributed by atoms with Crippen molar-refractivity contribution < 1.29 is 0 Å². The summed E-state index contributed by atoms with van der Waals surface area (Å²) in [7, 11) is 5.80. The van der Waals surface area contributed by atoms with Crippen LogP contribution in [0.4, 0.5) is 5.13 Å². The molecule has 2 heterocycles. The Balaban J connectivity index is 1.52. The highest BCUT2D eigenvalue weighted by Gasteiger charge is 2.07. The van der Waals surface area contributed by atoms with Crippen molar-refractivity contribution in [3.05, 3.63) is 46.6 Å². The zero-order valence-corrected chi connectivity index (χ0v) is 16.6. The van der Waals surface area contributed by atoms with E-state index in [0.717, 1.165) is 29.8 Å². The average Bonchev–Trinajstić information content (AvgIpc) is 3.26. The number of benzene rings is 1. The predicted molar refractivity (Wildman–Crippen MR) is 111 cm³/mol. The number of hydrogen-bond donors (Lipinski definition) is 3. The van der Waals surface area contributed by atoms with Gasteiger partial charge in [-0.3, -0.25) is 4.99 Å². The molecule has 0 saturated heterocycles. The molecule has 3 aromatic rings. The molecule has 7 heteroatoms. The number of hydrogen-bond acceptors (Lipinski definition) is 4. The molecule has 0 aliphatic carbocycles. The van der Waals surface area contributed by atoms with E-state index >= 15 is 0 Å². The molecule has 3 N–H and O–H groups in total. The molecule has 2 aromatic heterocycles. The lowest BCUT2D eigenvalue weighted by Crippen LogP contribution is -2.37. The number of aliphatic imine (C=N–C) groups is 1. The normalized spacial score (nSPS) is 11.8. The van der Waals surface area contributed by atoms with Crippen LogP contribution in [0.15, 0.2) is 34.8 Å². The number of H-pyrrole nitrogens is 1. The van der Waals surface area contributed by atoms with Crippen molar-refractivity contribution in [1.29, 1.82) is 0 Å². The Morgan fingerprint density at radius 1 is 1.31 bits per heavy atom. The Kier molecular flexibility index (Phi) is 5.78. The maximum absolute atomic E-state index is 4.58. The van der Waals surface area contributed by atoms with Gasteiger partial charge in [0, 0.05) is 50.2 Å². The van der Waals surface area contributed by atoms with Gasteiger partial charge >= 0.3 is 0 Å². The van der Waals surface area contributed by atoms with Gasteiger partial charge in [-0.25, -0.2) is 4.98 Å². The summed E-state index contributed by atoms with van der Waals surface area (Å²) >= 11 is 1.65. The molecule has 138 valence electrons. The largest absolute Gasteiger partial charge is 0.361 e. The van der Waals surface area contributed by atoms with Crippen molar-refractivity contribution in [1.82, 2.24) is 20.6 Å². The molecule has 3 rings (SSSR count). The quantitative estimate of drug-likeness (QED) is 0.461. The standard InChI is InChI=1S/C19H26N6S/c1-13-6-5-7-16-17(13)14(10-22-16)8-9-21-18(20-2)23-11-15-12-26-19(24-15)25(3)4/h5-7,10,12,22H,8-9,11H2,1-4H3,(H2,20,21,23). The van der Waals surface area contributed by atoms with Gasteiger partial charge in [0.05, 0.1) is 12.2 Å². The second-order valence-electron chi connectivity index (χ2n) is 6.43. The first-order chi connectivity index (χ1) is 12.6. The highest BCUT2D eigenvalue weighted by molar-refractivity contribution is 7.13. The smallest absolute Gasteiger partial charge is 0.191 e. The van der Waals surface area contributed by atoms with Crippen LogP contribution in [-0.2, 0) is 13.0 Å². The Morgan fingerprint density at radius 3 is 2.88 bits per heavy atom. The van der Waals surface area contributed by atoms with E-state index in [1.165, 1.54) is 22.0 Å². The highest BCUT2D eigenvalue weighted by Crippen LogP contribution is 2.22. The number of aromatic nitrogens is 2. The maximum atomic E-state index is 4.58. The maximum Gasteiger partial charge on any atom is 0.191 e. The zero-order valence-electron chi connectivity index (χ0n) is 15.8. The zero-order chi connectivity index (χ0) is 18.5. The van der Waals surface area contributed by atoms with Gasteiger partial charge in [-0.1, -0.05) is 12.1 Å². The van der Waals surface area contributed by atoms with Crippen LogP contribution in [0.25, 0.3) is 10.9 Å². The van der Waals surface area contributed by atoms with E-state index in [4.69, 9.17) is 0 Å². The third-order valence-electron chi connectivity index (χ3n) is 4.27. The summed E-state index contributed by atoms with van der Waals surface area (Å²) in [5.41, 5.74) is 4.86. The number of thiazole rings is 1. The SMILES string of the molecule is CN=C(NCCc1c[nH]c2cccc(C)c12)NCc1csc(N(C)C)n1. The number of fused-ring (bicyclic) bond motifs is 1. The van der Waals surface area contributed by atoms with Crippen molar-refractivity contribution in [2.24, 2.45) is 4.99 Å². The second kappa shape index (κ2) is 8.23. The van der Waals surface area contributed by atoms with Gasteiger partial charge in [-0.2, -0.15) is 0 Å². The number of rotatable bonds is 6. The number of nitrogens with one attached hydrogen (secondary N) is 3. The summed E-state index contributed by atoms with van der Waals surface area (Å²) < 4.78 is 0. The van der Waals surface area contributed by atoms with Gasteiger partial charge in [0.1, 0.15) is 0 Å². The van der Waals surface area contributed by atoms with E-state index in [0.29, 0.717) is 6.54 Å². The van der Waals surface area contributed by atoms with Crippen LogP contribution in [0.1, 0.15) is 16.8 Å². The number of anilines is 1. The molecule has 0 spiro atoms. The van der Waals surface area contributed by atoms with E-state index < -0.39 is 0 Å². The van der Waals surface area contributed by atoms with E-state index in [1.807, 2.05) is 19.0 Å². The molecular weight excluding hydrogens is 344 g/mol. The lowest BCUT2D eigenvalue weighted by atomic mass is 10.1.